The maximum atomic E-state index is 12.5. The van der Waals surface area contributed by atoms with Gasteiger partial charge in [-0.05, 0) is 81.4 Å². The van der Waals surface area contributed by atoms with Crippen molar-refractivity contribution in [2.45, 2.75) is 52.4 Å². The monoisotopic (exact) mass is 406 g/mol. The number of aromatic nitrogens is 3. The summed E-state index contributed by atoms with van der Waals surface area (Å²) in [6.07, 6.45) is 9.73. The number of amides is 1. The first-order chi connectivity index (χ1) is 14.6. The predicted octanol–water partition coefficient (Wildman–Crippen LogP) is 3.18. The van der Waals surface area contributed by atoms with E-state index >= 15 is 0 Å². The van der Waals surface area contributed by atoms with Crippen molar-refractivity contribution >= 4 is 17.7 Å². The van der Waals surface area contributed by atoms with Crippen LogP contribution in [0.1, 0.15) is 67.2 Å². The van der Waals surface area contributed by atoms with E-state index in [1.54, 1.807) is 12.3 Å². The molecule has 0 saturated heterocycles. The van der Waals surface area contributed by atoms with Crippen LogP contribution in [0.4, 0.5) is 0 Å². The Morgan fingerprint density at radius 3 is 2.73 bits per heavy atom. The van der Waals surface area contributed by atoms with Crippen molar-refractivity contribution < 1.29 is 4.79 Å². The molecule has 2 aromatic rings. The summed E-state index contributed by atoms with van der Waals surface area (Å²) >= 11 is 0. The highest BCUT2D eigenvalue weighted by atomic mass is 16.2. The Bertz CT molecular complexity index is 967. The Balaban J connectivity index is 1.63. The molecule has 7 heteroatoms. The molecule has 1 aliphatic carbocycles. The number of hydrogen-bond donors (Lipinski definition) is 2. The zero-order valence-corrected chi connectivity index (χ0v) is 18.0. The standard InChI is InChI=1S/C23H30N6O/c1-4-29(5-2)12-6-7-17-15(3)26-20(21(17)16-8-9-16)13-18-22(27-28-23(18)30)19-10-11-24-14-25-19/h10-11,13-14,16,26H,4-9,12H2,1-3H3,(H,28,30). The van der Waals surface area contributed by atoms with Gasteiger partial charge in [0.2, 0.25) is 0 Å². The predicted molar refractivity (Wildman–Crippen MR) is 118 cm³/mol. The molecule has 1 aliphatic heterocycles. The van der Waals surface area contributed by atoms with Crippen molar-refractivity contribution in [3.63, 3.8) is 0 Å². The highest BCUT2D eigenvalue weighted by molar-refractivity contribution is 6.32. The molecule has 2 N–H and O–H groups in total. The Kier molecular flexibility index (Phi) is 6.08. The fraction of sp³-hybridized carbons (Fsp3) is 0.478. The zero-order chi connectivity index (χ0) is 21.1. The number of H-pyrrole nitrogens is 1. The molecule has 0 radical (unpaired) electrons. The van der Waals surface area contributed by atoms with E-state index in [2.05, 4.69) is 51.2 Å². The molecule has 1 fully saturated rings. The second-order valence-corrected chi connectivity index (χ2v) is 8.01. The van der Waals surface area contributed by atoms with Crippen molar-refractivity contribution in [2.24, 2.45) is 5.10 Å². The zero-order valence-electron chi connectivity index (χ0n) is 18.0. The topological polar surface area (TPSA) is 86.3 Å². The lowest BCUT2D eigenvalue weighted by Crippen LogP contribution is -2.24. The fourth-order valence-corrected chi connectivity index (χ4v) is 4.24. The van der Waals surface area contributed by atoms with Crippen LogP contribution in [0.3, 0.4) is 0 Å². The second-order valence-electron chi connectivity index (χ2n) is 8.01. The highest BCUT2D eigenvalue weighted by Gasteiger charge is 2.32. The van der Waals surface area contributed by atoms with E-state index in [9.17, 15) is 4.79 Å². The summed E-state index contributed by atoms with van der Waals surface area (Å²) < 4.78 is 0. The first-order valence-electron chi connectivity index (χ1n) is 10.9. The Morgan fingerprint density at radius 2 is 2.07 bits per heavy atom. The second kappa shape index (κ2) is 8.92. The minimum Gasteiger partial charge on any atom is -0.359 e. The maximum Gasteiger partial charge on any atom is 0.273 e. The van der Waals surface area contributed by atoms with E-state index in [4.69, 9.17) is 0 Å². The summed E-state index contributed by atoms with van der Waals surface area (Å²) in [7, 11) is 0. The maximum absolute atomic E-state index is 12.5. The van der Waals surface area contributed by atoms with Crippen LogP contribution in [0.2, 0.25) is 0 Å². The van der Waals surface area contributed by atoms with Gasteiger partial charge in [-0.2, -0.15) is 5.10 Å². The fourth-order valence-electron chi connectivity index (χ4n) is 4.24. The van der Waals surface area contributed by atoms with Crippen LogP contribution in [-0.2, 0) is 11.2 Å². The van der Waals surface area contributed by atoms with Gasteiger partial charge in [-0.3, -0.25) is 4.79 Å². The third kappa shape index (κ3) is 4.21. The summed E-state index contributed by atoms with van der Waals surface area (Å²) in [5, 5.41) is 4.21. The molecule has 0 unspecified atom stereocenters. The molecular formula is C23H30N6O. The number of nitrogens with one attached hydrogen (secondary N) is 2. The van der Waals surface area contributed by atoms with E-state index in [1.165, 1.54) is 36.0 Å². The van der Waals surface area contributed by atoms with Gasteiger partial charge in [0.05, 0.1) is 11.3 Å². The lowest BCUT2D eigenvalue weighted by molar-refractivity contribution is -0.116. The van der Waals surface area contributed by atoms with E-state index < -0.39 is 0 Å². The summed E-state index contributed by atoms with van der Waals surface area (Å²) in [6.45, 7) is 9.88. The SMILES string of the molecule is CCN(CC)CCCc1c(C)[nH]c(C=C2C(=O)NN=C2c2ccncn2)c1C1CC1. The van der Waals surface area contributed by atoms with Crippen molar-refractivity contribution in [3.05, 3.63) is 52.4 Å². The van der Waals surface area contributed by atoms with Gasteiger partial charge < -0.3 is 9.88 Å². The van der Waals surface area contributed by atoms with Crippen molar-refractivity contribution in [1.82, 2.24) is 25.3 Å². The van der Waals surface area contributed by atoms with Gasteiger partial charge in [0.1, 0.15) is 12.0 Å². The summed E-state index contributed by atoms with van der Waals surface area (Å²) in [5.41, 5.74) is 9.42. The summed E-state index contributed by atoms with van der Waals surface area (Å²) in [6, 6.07) is 1.77. The first kappa shape index (κ1) is 20.5. The molecule has 3 heterocycles. The van der Waals surface area contributed by atoms with Gasteiger partial charge in [-0.15, -0.1) is 0 Å². The summed E-state index contributed by atoms with van der Waals surface area (Å²) in [4.78, 5) is 26.8. The number of hydrogen-bond acceptors (Lipinski definition) is 5. The van der Waals surface area contributed by atoms with Gasteiger partial charge in [0.15, 0.2) is 0 Å². The summed E-state index contributed by atoms with van der Waals surface area (Å²) in [5.74, 6) is 0.398. The van der Waals surface area contributed by atoms with Gasteiger partial charge in [0.25, 0.3) is 5.91 Å². The van der Waals surface area contributed by atoms with E-state index in [-0.39, 0.29) is 5.91 Å². The molecule has 1 amide bonds. The molecule has 0 aromatic carbocycles. The number of carbonyl (C=O) groups is 1. The Labute approximate surface area is 177 Å². The first-order valence-corrected chi connectivity index (χ1v) is 10.9. The molecule has 158 valence electrons. The van der Waals surface area contributed by atoms with Crippen LogP contribution >= 0.6 is 0 Å². The van der Waals surface area contributed by atoms with Crippen LogP contribution < -0.4 is 5.43 Å². The minimum absolute atomic E-state index is 0.194. The molecule has 30 heavy (non-hydrogen) atoms. The molecule has 2 aliphatic rings. The Hall–Kier alpha value is -2.80. The number of nitrogens with zero attached hydrogens (tertiary/aromatic N) is 4. The molecule has 0 spiro atoms. The van der Waals surface area contributed by atoms with E-state index in [0.717, 1.165) is 38.2 Å². The molecule has 4 rings (SSSR count). The van der Waals surface area contributed by atoms with Crippen molar-refractivity contribution in [3.8, 4) is 0 Å². The van der Waals surface area contributed by atoms with Gasteiger partial charge in [0, 0.05) is 17.6 Å². The molecule has 0 bridgehead atoms. The lowest BCUT2D eigenvalue weighted by Gasteiger charge is -2.17. The average Bonchev–Trinajstić information content (AvgIpc) is 3.47. The van der Waals surface area contributed by atoms with E-state index in [1.807, 2.05) is 6.08 Å². The molecule has 1 saturated carbocycles. The molecular weight excluding hydrogens is 376 g/mol. The highest BCUT2D eigenvalue weighted by Crippen LogP contribution is 2.45. The molecule has 0 atom stereocenters. The molecule has 7 nitrogen and oxygen atoms in total. The van der Waals surface area contributed by atoms with Gasteiger partial charge in [-0.1, -0.05) is 13.8 Å². The lowest BCUT2D eigenvalue weighted by atomic mass is 9.98. The van der Waals surface area contributed by atoms with Gasteiger partial charge in [-0.25, -0.2) is 15.4 Å². The smallest absolute Gasteiger partial charge is 0.273 e. The average molecular weight is 407 g/mol. The number of aryl methyl sites for hydroxylation is 1. The normalized spacial score (nSPS) is 17.7. The van der Waals surface area contributed by atoms with Gasteiger partial charge >= 0.3 is 0 Å². The van der Waals surface area contributed by atoms with Crippen LogP contribution in [0.5, 0.6) is 0 Å². The third-order valence-corrected chi connectivity index (χ3v) is 6.05. The Morgan fingerprint density at radius 1 is 1.27 bits per heavy atom. The van der Waals surface area contributed by atoms with Crippen molar-refractivity contribution in [2.75, 3.05) is 19.6 Å². The molecule has 2 aromatic heterocycles. The number of rotatable bonds is 9. The van der Waals surface area contributed by atoms with Crippen LogP contribution in [0.25, 0.3) is 6.08 Å². The number of hydrazone groups is 1. The van der Waals surface area contributed by atoms with Crippen molar-refractivity contribution in [1.29, 1.82) is 0 Å². The van der Waals surface area contributed by atoms with E-state index in [0.29, 0.717) is 22.9 Å². The van der Waals surface area contributed by atoms with Crippen LogP contribution in [-0.4, -0.2) is 51.1 Å². The van der Waals surface area contributed by atoms with Crippen LogP contribution in [0.15, 0.2) is 29.3 Å². The minimum atomic E-state index is -0.194. The largest absolute Gasteiger partial charge is 0.359 e. The quantitative estimate of drug-likeness (QED) is 0.626. The number of carbonyl (C=O) groups excluding carboxylic acids is 1. The number of aromatic amines is 1. The third-order valence-electron chi connectivity index (χ3n) is 6.05. The van der Waals surface area contributed by atoms with Crippen LogP contribution in [0, 0.1) is 6.92 Å².